The normalized spacial score (nSPS) is 14.4. The monoisotopic (exact) mass is 317 g/mol. The molecule has 1 aromatic carbocycles. The molecular formula is C17H20FN3O2. The summed E-state index contributed by atoms with van der Waals surface area (Å²) in [5, 5.41) is 17.1. The third-order valence-corrected chi connectivity index (χ3v) is 3.58. The van der Waals surface area contributed by atoms with Gasteiger partial charge in [0.2, 0.25) is 5.91 Å². The highest BCUT2D eigenvalue weighted by atomic mass is 19.1. The third kappa shape index (κ3) is 4.50. The molecule has 0 radical (unpaired) electrons. The molecule has 1 aromatic heterocycles. The van der Waals surface area contributed by atoms with Gasteiger partial charge in [0.05, 0.1) is 12.7 Å². The number of aryl methyl sites for hydroxylation is 1. The fraction of sp³-hybridized carbons (Fsp3) is 0.294. The van der Waals surface area contributed by atoms with E-state index in [9.17, 15) is 14.3 Å². The van der Waals surface area contributed by atoms with Gasteiger partial charge in [-0.25, -0.2) is 4.39 Å². The average Bonchev–Trinajstić information content (AvgIpc) is 2.93. The van der Waals surface area contributed by atoms with Crippen LogP contribution in [0, 0.1) is 5.82 Å². The lowest BCUT2D eigenvalue weighted by atomic mass is 9.99. The third-order valence-electron chi connectivity index (χ3n) is 3.58. The Kier molecular flexibility index (Phi) is 4.95. The highest BCUT2D eigenvalue weighted by Crippen LogP contribution is 2.19. The van der Waals surface area contributed by atoms with Crippen molar-refractivity contribution in [1.82, 2.24) is 15.1 Å². The number of allylic oxidation sites excluding steroid dienone is 1. The van der Waals surface area contributed by atoms with Crippen LogP contribution in [0.15, 0.2) is 42.7 Å². The van der Waals surface area contributed by atoms with Crippen molar-refractivity contribution in [2.24, 2.45) is 7.05 Å². The van der Waals surface area contributed by atoms with Gasteiger partial charge < -0.3 is 10.4 Å². The summed E-state index contributed by atoms with van der Waals surface area (Å²) in [4.78, 5) is 12.0. The molecule has 0 spiro atoms. The fourth-order valence-electron chi connectivity index (χ4n) is 2.10. The van der Waals surface area contributed by atoms with Crippen molar-refractivity contribution in [2.45, 2.75) is 19.4 Å². The Bertz CT molecular complexity index is 718. The number of hydrogen-bond donors (Lipinski definition) is 2. The maximum atomic E-state index is 12.9. The van der Waals surface area contributed by atoms with Crippen LogP contribution in [0.2, 0.25) is 0 Å². The van der Waals surface area contributed by atoms with Crippen molar-refractivity contribution in [2.75, 3.05) is 6.54 Å². The molecule has 0 aliphatic rings. The van der Waals surface area contributed by atoms with Gasteiger partial charge in [-0.1, -0.05) is 12.1 Å². The molecule has 0 saturated carbocycles. The summed E-state index contributed by atoms with van der Waals surface area (Å²) in [5.74, 6) is -0.644. The van der Waals surface area contributed by atoms with Crippen LogP contribution in [0.25, 0.3) is 5.57 Å². The quantitative estimate of drug-likeness (QED) is 0.829. The van der Waals surface area contributed by atoms with E-state index in [0.29, 0.717) is 11.1 Å². The minimum absolute atomic E-state index is 0.0602. The molecule has 1 heterocycles. The molecule has 1 unspecified atom stereocenters. The van der Waals surface area contributed by atoms with Crippen LogP contribution < -0.4 is 5.32 Å². The standard InChI is InChI=1S/C17H20FN3O2/c1-12(13-4-6-15(18)7-5-13)8-16(22)19-11-17(2,23)14-9-20-21(3)10-14/h4-10,23H,11H2,1-3H3,(H,19,22). The molecule has 122 valence electrons. The molecule has 2 aromatic rings. The van der Waals surface area contributed by atoms with Crippen molar-refractivity contribution in [3.8, 4) is 0 Å². The first-order valence-corrected chi connectivity index (χ1v) is 7.21. The van der Waals surface area contributed by atoms with Crippen molar-refractivity contribution >= 4 is 11.5 Å². The highest BCUT2D eigenvalue weighted by molar-refractivity contribution is 5.94. The molecule has 23 heavy (non-hydrogen) atoms. The maximum Gasteiger partial charge on any atom is 0.244 e. The molecule has 0 aliphatic heterocycles. The van der Waals surface area contributed by atoms with E-state index in [-0.39, 0.29) is 18.3 Å². The Hall–Kier alpha value is -2.47. The minimum atomic E-state index is -1.21. The number of nitrogens with one attached hydrogen (secondary N) is 1. The van der Waals surface area contributed by atoms with Gasteiger partial charge in [0.25, 0.3) is 0 Å². The zero-order valence-corrected chi connectivity index (χ0v) is 13.4. The molecule has 0 aliphatic carbocycles. The number of aromatic nitrogens is 2. The van der Waals surface area contributed by atoms with Gasteiger partial charge in [-0.05, 0) is 37.1 Å². The van der Waals surface area contributed by atoms with E-state index in [4.69, 9.17) is 0 Å². The van der Waals surface area contributed by atoms with E-state index in [1.807, 2.05) is 0 Å². The van der Waals surface area contributed by atoms with E-state index in [0.717, 1.165) is 5.56 Å². The second-order valence-corrected chi connectivity index (χ2v) is 5.73. The van der Waals surface area contributed by atoms with Crippen molar-refractivity contribution in [1.29, 1.82) is 0 Å². The van der Waals surface area contributed by atoms with E-state index in [1.165, 1.54) is 18.2 Å². The summed E-state index contributed by atoms with van der Waals surface area (Å²) >= 11 is 0. The van der Waals surface area contributed by atoms with Gasteiger partial charge in [-0.3, -0.25) is 9.48 Å². The zero-order valence-electron chi connectivity index (χ0n) is 13.4. The molecule has 2 N–H and O–H groups in total. The lowest BCUT2D eigenvalue weighted by molar-refractivity contribution is -0.117. The second kappa shape index (κ2) is 6.75. The maximum absolute atomic E-state index is 12.9. The van der Waals surface area contributed by atoms with Gasteiger partial charge in [-0.15, -0.1) is 0 Å². The van der Waals surface area contributed by atoms with Crippen LogP contribution in [0.1, 0.15) is 25.0 Å². The first-order valence-electron chi connectivity index (χ1n) is 7.21. The van der Waals surface area contributed by atoms with Gasteiger partial charge in [0, 0.05) is 24.9 Å². The minimum Gasteiger partial charge on any atom is -0.383 e. The number of hydrogen-bond acceptors (Lipinski definition) is 3. The second-order valence-electron chi connectivity index (χ2n) is 5.73. The number of carbonyl (C=O) groups is 1. The van der Waals surface area contributed by atoms with Crippen LogP contribution in [0.4, 0.5) is 4.39 Å². The van der Waals surface area contributed by atoms with E-state index in [1.54, 1.807) is 50.1 Å². The molecule has 0 bridgehead atoms. The number of nitrogens with zero attached hydrogens (tertiary/aromatic N) is 2. The Morgan fingerprint density at radius 3 is 2.65 bits per heavy atom. The van der Waals surface area contributed by atoms with Crippen LogP contribution in [0.3, 0.4) is 0 Å². The van der Waals surface area contributed by atoms with Crippen LogP contribution in [-0.2, 0) is 17.4 Å². The van der Waals surface area contributed by atoms with Crippen LogP contribution in [-0.4, -0.2) is 27.3 Å². The Labute approximate surface area is 134 Å². The number of halogens is 1. The fourth-order valence-corrected chi connectivity index (χ4v) is 2.10. The average molecular weight is 317 g/mol. The number of rotatable bonds is 5. The number of carbonyl (C=O) groups excluding carboxylic acids is 1. The first kappa shape index (κ1) is 16.9. The molecular weight excluding hydrogens is 297 g/mol. The number of amides is 1. The summed E-state index contributed by atoms with van der Waals surface area (Å²) in [6, 6.07) is 5.91. The van der Waals surface area contributed by atoms with Crippen molar-refractivity contribution in [3.63, 3.8) is 0 Å². The summed E-state index contributed by atoms with van der Waals surface area (Å²) in [7, 11) is 1.76. The summed E-state index contributed by atoms with van der Waals surface area (Å²) in [5.41, 5.74) is 0.894. The van der Waals surface area contributed by atoms with E-state index in [2.05, 4.69) is 10.4 Å². The SMILES string of the molecule is CC(=CC(=O)NCC(C)(O)c1cnn(C)c1)c1ccc(F)cc1. The molecule has 1 amide bonds. The van der Waals surface area contributed by atoms with Crippen LogP contribution >= 0.6 is 0 Å². The first-order chi connectivity index (χ1) is 10.8. The summed E-state index contributed by atoms with van der Waals surface area (Å²) in [6.07, 6.45) is 4.68. The zero-order chi connectivity index (χ0) is 17.0. The van der Waals surface area contributed by atoms with Crippen molar-refractivity contribution in [3.05, 3.63) is 59.7 Å². The van der Waals surface area contributed by atoms with Gasteiger partial charge in [-0.2, -0.15) is 5.10 Å². The Morgan fingerprint density at radius 2 is 2.09 bits per heavy atom. The topological polar surface area (TPSA) is 67.2 Å². The largest absolute Gasteiger partial charge is 0.383 e. The van der Waals surface area contributed by atoms with Gasteiger partial charge in [0.1, 0.15) is 11.4 Å². The predicted molar refractivity (Wildman–Crippen MR) is 85.8 cm³/mol. The van der Waals surface area contributed by atoms with Crippen LogP contribution in [0.5, 0.6) is 0 Å². The smallest absolute Gasteiger partial charge is 0.244 e. The van der Waals surface area contributed by atoms with Gasteiger partial charge in [0.15, 0.2) is 0 Å². The molecule has 5 nitrogen and oxygen atoms in total. The Balaban J connectivity index is 1.99. The molecule has 6 heteroatoms. The number of aliphatic hydroxyl groups is 1. The molecule has 0 fully saturated rings. The van der Waals surface area contributed by atoms with Crippen molar-refractivity contribution < 1.29 is 14.3 Å². The molecule has 0 saturated heterocycles. The summed E-state index contributed by atoms with van der Waals surface area (Å²) in [6.45, 7) is 3.44. The summed E-state index contributed by atoms with van der Waals surface area (Å²) < 4.78 is 14.5. The number of benzene rings is 1. The molecule has 2 rings (SSSR count). The highest BCUT2D eigenvalue weighted by Gasteiger charge is 2.25. The van der Waals surface area contributed by atoms with E-state index >= 15 is 0 Å². The Morgan fingerprint density at radius 1 is 1.43 bits per heavy atom. The lowest BCUT2D eigenvalue weighted by Crippen LogP contribution is -2.37. The molecule has 1 atom stereocenters. The lowest BCUT2D eigenvalue weighted by Gasteiger charge is -2.21. The van der Waals surface area contributed by atoms with E-state index < -0.39 is 5.60 Å². The van der Waals surface area contributed by atoms with Gasteiger partial charge >= 0.3 is 0 Å². The predicted octanol–water partition coefficient (Wildman–Crippen LogP) is 1.99.